The van der Waals surface area contributed by atoms with E-state index < -0.39 is 0 Å². The largest absolute Gasteiger partial charge is 0.508 e. The summed E-state index contributed by atoms with van der Waals surface area (Å²) in [5, 5.41) is 14.0. The van der Waals surface area contributed by atoms with Gasteiger partial charge in [0, 0.05) is 42.3 Å². The Balaban J connectivity index is 2.54. The maximum Gasteiger partial charge on any atom is 0.120 e. The molecule has 0 spiro atoms. The molecule has 0 aliphatic carbocycles. The van der Waals surface area contributed by atoms with Crippen molar-refractivity contribution in [3.8, 4) is 5.75 Å². The average molecular weight is 355 g/mol. The first kappa shape index (κ1) is 16.8. The lowest BCUT2D eigenvalue weighted by Crippen LogP contribution is -2.48. The van der Waals surface area contributed by atoms with Crippen molar-refractivity contribution in [1.82, 2.24) is 10.2 Å². The molecule has 4 heteroatoms. The zero-order valence-corrected chi connectivity index (χ0v) is 15.3. The third-order valence-corrected chi connectivity index (χ3v) is 5.54. The van der Waals surface area contributed by atoms with Crippen molar-refractivity contribution in [1.29, 1.82) is 0 Å². The normalized spacial score (nSPS) is 18.8. The van der Waals surface area contributed by atoms with E-state index in [-0.39, 0.29) is 11.5 Å². The standard InChI is InChI=1S/C17H27BrN2O/c1-11-10-13(21)14(12(2)15(11)18)16(17(3,4)5)20-8-6-19-7-9-20/h10,16,19,21H,6-9H2,1-5H3/t16-/m0/s1. The number of benzene rings is 1. The summed E-state index contributed by atoms with van der Waals surface area (Å²) in [7, 11) is 0. The molecule has 0 bridgehead atoms. The predicted octanol–water partition coefficient (Wildman–Crippen LogP) is 3.76. The fraction of sp³-hybridized carbons (Fsp3) is 0.647. The minimum absolute atomic E-state index is 0.0638. The van der Waals surface area contributed by atoms with E-state index in [0.717, 1.165) is 47.3 Å². The van der Waals surface area contributed by atoms with E-state index in [1.807, 2.05) is 13.0 Å². The van der Waals surface area contributed by atoms with E-state index in [4.69, 9.17) is 0 Å². The van der Waals surface area contributed by atoms with Crippen LogP contribution in [0.15, 0.2) is 10.5 Å². The topological polar surface area (TPSA) is 35.5 Å². The Labute approximate surface area is 136 Å². The van der Waals surface area contributed by atoms with Crippen LogP contribution < -0.4 is 5.32 Å². The van der Waals surface area contributed by atoms with Gasteiger partial charge >= 0.3 is 0 Å². The van der Waals surface area contributed by atoms with Crippen LogP contribution >= 0.6 is 15.9 Å². The third-order valence-electron chi connectivity index (χ3n) is 4.32. The van der Waals surface area contributed by atoms with E-state index in [2.05, 4.69) is 53.8 Å². The van der Waals surface area contributed by atoms with E-state index in [1.54, 1.807) is 0 Å². The van der Waals surface area contributed by atoms with Crippen LogP contribution in [0.3, 0.4) is 0 Å². The number of piperazine rings is 1. The molecule has 3 nitrogen and oxygen atoms in total. The first-order valence-electron chi connectivity index (χ1n) is 7.67. The maximum absolute atomic E-state index is 10.6. The number of aryl methyl sites for hydroxylation is 1. The molecule has 0 unspecified atom stereocenters. The van der Waals surface area contributed by atoms with Gasteiger partial charge in [-0.05, 0) is 36.5 Å². The number of phenols is 1. The van der Waals surface area contributed by atoms with Crippen LogP contribution in [0.1, 0.15) is 43.5 Å². The lowest BCUT2D eigenvalue weighted by Gasteiger charge is -2.43. The van der Waals surface area contributed by atoms with Crippen LogP contribution in [0, 0.1) is 19.3 Å². The first-order chi connectivity index (χ1) is 9.73. The quantitative estimate of drug-likeness (QED) is 0.848. The second-order valence-corrected chi connectivity index (χ2v) is 7.91. The molecule has 1 heterocycles. The van der Waals surface area contributed by atoms with Gasteiger partial charge in [0.1, 0.15) is 5.75 Å². The van der Waals surface area contributed by atoms with Gasteiger partial charge in [-0.3, -0.25) is 4.90 Å². The molecule has 1 atom stereocenters. The van der Waals surface area contributed by atoms with Crippen molar-refractivity contribution in [3.05, 3.63) is 27.2 Å². The molecule has 2 rings (SSSR count). The maximum atomic E-state index is 10.6. The van der Waals surface area contributed by atoms with E-state index in [0.29, 0.717) is 5.75 Å². The fourth-order valence-corrected chi connectivity index (χ4v) is 3.73. The molecule has 0 saturated carbocycles. The number of phenolic OH excluding ortho intramolecular Hbond substituents is 1. The van der Waals surface area contributed by atoms with Crippen LogP contribution in [0.2, 0.25) is 0 Å². The molecule has 21 heavy (non-hydrogen) atoms. The first-order valence-corrected chi connectivity index (χ1v) is 8.46. The van der Waals surface area contributed by atoms with Crippen molar-refractivity contribution in [2.24, 2.45) is 5.41 Å². The molecule has 1 aliphatic heterocycles. The highest BCUT2D eigenvalue weighted by Gasteiger charge is 2.35. The number of nitrogens with one attached hydrogen (secondary N) is 1. The summed E-state index contributed by atoms with van der Waals surface area (Å²) in [6, 6.07) is 2.10. The van der Waals surface area contributed by atoms with Crippen molar-refractivity contribution in [2.75, 3.05) is 26.2 Å². The second-order valence-electron chi connectivity index (χ2n) is 7.12. The summed E-state index contributed by atoms with van der Waals surface area (Å²) in [5.74, 6) is 0.423. The summed E-state index contributed by atoms with van der Waals surface area (Å²) >= 11 is 3.68. The molecule has 0 amide bonds. The number of halogens is 1. The van der Waals surface area contributed by atoms with Gasteiger partial charge in [-0.2, -0.15) is 0 Å². The summed E-state index contributed by atoms with van der Waals surface area (Å²) in [6.45, 7) is 15.0. The Morgan fingerprint density at radius 3 is 2.33 bits per heavy atom. The van der Waals surface area contributed by atoms with E-state index >= 15 is 0 Å². The van der Waals surface area contributed by atoms with E-state index in [9.17, 15) is 5.11 Å². The van der Waals surface area contributed by atoms with Gasteiger partial charge < -0.3 is 10.4 Å². The Morgan fingerprint density at radius 2 is 1.81 bits per heavy atom. The second kappa shape index (κ2) is 6.27. The van der Waals surface area contributed by atoms with Gasteiger partial charge in [0.05, 0.1) is 0 Å². The lowest BCUT2D eigenvalue weighted by molar-refractivity contribution is 0.0837. The molecule has 2 N–H and O–H groups in total. The highest BCUT2D eigenvalue weighted by Crippen LogP contribution is 2.45. The number of rotatable bonds is 2. The molecule has 1 saturated heterocycles. The summed E-state index contributed by atoms with van der Waals surface area (Å²) in [5.41, 5.74) is 3.38. The molecular formula is C17H27BrN2O. The van der Waals surface area contributed by atoms with Gasteiger partial charge in [0.25, 0.3) is 0 Å². The predicted molar refractivity (Wildman–Crippen MR) is 91.9 cm³/mol. The molecule has 1 aromatic carbocycles. The monoisotopic (exact) mass is 354 g/mol. The van der Waals surface area contributed by atoms with Crippen LogP contribution in [0.5, 0.6) is 5.75 Å². The van der Waals surface area contributed by atoms with Gasteiger partial charge in [-0.25, -0.2) is 0 Å². The van der Waals surface area contributed by atoms with Crippen molar-refractivity contribution < 1.29 is 5.11 Å². The zero-order chi connectivity index (χ0) is 15.8. The number of hydrogen-bond donors (Lipinski definition) is 2. The van der Waals surface area contributed by atoms with Gasteiger partial charge in [-0.1, -0.05) is 36.7 Å². The van der Waals surface area contributed by atoms with Crippen LogP contribution in [-0.2, 0) is 0 Å². The average Bonchev–Trinajstić information content (AvgIpc) is 2.40. The van der Waals surface area contributed by atoms with Gasteiger partial charge in [-0.15, -0.1) is 0 Å². The Kier molecular flexibility index (Phi) is 5.01. The van der Waals surface area contributed by atoms with Crippen molar-refractivity contribution in [3.63, 3.8) is 0 Å². The molecule has 1 aliphatic rings. The molecule has 0 aromatic heterocycles. The minimum Gasteiger partial charge on any atom is -0.508 e. The zero-order valence-electron chi connectivity index (χ0n) is 13.8. The Hall–Kier alpha value is -0.580. The third kappa shape index (κ3) is 3.43. The van der Waals surface area contributed by atoms with E-state index in [1.165, 1.54) is 0 Å². The van der Waals surface area contributed by atoms with Crippen LogP contribution in [-0.4, -0.2) is 36.2 Å². The fourth-order valence-electron chi connectivity index (χ4n) is 3.40. The minimum atomic E-state index is 0.0638. The Morgan fingerprint density at radius 1 is 1.24 bits per heavy atom. The summed E-state index contributed by atoms with van der Waals surface area (Å²) in [6.07, 6.45) is 0. The number of nitrogens with zero attached hydrogens (tertiary/aromatic N) is 1. The van der Waals surface area contributed by atoms with Crippen molar-refractivity contribution >= 4 is 15.9 Å². The molecule has 118 valence electrons. The Bertz CT molecular complexity index is 517. The molecule has 1 aromatic rings. The van der Waals surface area contributed by atoms with Crippen LogP contribution in [0.4, 0.5) is 0 Å². The number of aromatic hydroxyl groups is 1. The van der Waals surface area contributed by atoms with Crippen molar-refractivity contribution in [2.45, 2.75) is 40.7 Å². The number of hydrogen-bond acceptors (Lipinski definition) is 3. The van der Waals surface area contributed by atoms with Gasteiger partial charge in [0.15, 0.2) is 0 Å². The summed E-state index contributed by atoms with van der Waals surface area (Å²) < 4.78 is 1.11. The van der Waals surface area contributed by atoms with Crippen LogP contribution in [0.25, 0.3) is 0 Å². The highest BCUT2D eigenvalue weighted by atomic mass is 79.9. The van der Waals surface area contributed by atoms with Gasteiger partial charge in [0.2, 0.25) is 0 Å². The molecule has 0 radical (unpaired) electrons. The SMILES string of the molecule is Cc1cc(O)c([C@H](N2CCNCC2)C(C)(C)C)c(C)c1Br. The molecular weight excluding hydrogens is 328 g/mol. The smallest absolute Gasteiger partial charge is 0.120 e. The highest BCUT2D eigenvalue weighted by molar-refractivity contribution is 9.10. The summed E-state index contributed by atoms with van der Waals surface area (Å²) in [4.78, 5) is 2.50. The molecule has 1 fully saturated rings. The lowest BCUT2D eigenvalue weighted by atomic mass is 9.78.